The predicted octanol–water partition coefficient (Wildman–Crippen LogP) is 2.17. The molecule has 0 aromatic heterocycles. The Kier molecular flexibility index (Phi) is 7.80. The lowest BCUT2D eigenvalue weighted by Gasteiger charge is -2.22. The summed E-state index contributed by atoms with van der Waals surface area (Å²) in [5.41, 5.74) is 0. The zero-order valence-corrected chi connectivity index (χ0v) is 10.7. The summed E-state index contributed by atoms with van der Waals surface area (Å²) in [4.78, 5) is 11.5. The number of nitrogens with one attached hydrogen (secondary N) is 2. The van der Waals surface area contributed by atoms with Gasteiger partial charge < -0.3 is 15.7 Å². The summed E-state index contributed by atoms with van der Waals surface area (Å²) in [5, 5.41) is 14.5. The highest BCUT2D eigenvalue weighted by Gasteiger charge is 2.14. The maximum Gasteiger partial charge on any atom is 0.315 e. The third-order valence-electron chi connectivity index (χ3n) is 3.31. The van der Waals surface area contributed by atoms with Crippen molar-refractivity contribution in [2.75, 3.05) is 13.2 Å². The second-order valence-corrected chi connectivity index (χ2v) is 4.87. The van der Waals surface area contributed by atoms with Crippen LogP contribution in [0.25, 0.3) is 0 Å². The van der Waals surface area contributed by atoms with E-state index in [1.54, 1.807) is 0 Å². The van der Waals surface area contributed by atoms with Gasteiger partial charge in [0.1, 0.15) is 0 Å². The van der Waals surface area contributed by atoms with Crippen LogP contribution in [-0.2, 0) is 0 Å². The summed E-state index contributed by atoms with van der Waals surface area (Å²) in [6, 6.07) is 0.372. The Morgan fingerprint density at radius 1 is 1.06 bits per heavy atom. The molecular weight excluding hydrogens is 216 g/mol. The Morgan fingerprint density at radius 2 is 1.76 bits per heavy atom. The van der Waals surface area contributed by atoms with Gasteiger partial charge in [0, 0.05) is 19.2 Å². The summed E-state index contributed by atoms with van der Waals surface area (Å²) >= 11 is 0. The molecule has 0 unspecified atom stereocenters. The highest BCUT2D eigenvalue weighted by atomic mass is 16.2. The Balaban J connectivity index is 1.93. The van der Waals surface area contributed by atoms with E-state index >= 15 is 0 Å². The molecule has 1 saturated carbocycles. The SMILES string of the molecule is O=C(NCCCCCCO)NC1CCCCC1. The number of hydrogen-bond donors (Lipinski definition) is 3. The standard InChI is InChI=1S/C13H26N2O2/c16-11-7-2-1-6-10-14-13(17)15-12-8-4-3-5-9-12/h12,16H,1-11H2,(H2,14,15,17). The molecule has 0 aromatic carbocycles. The molecule has 100 valence electrons. The highest BCUT2D eigenvalue weighted by Crippen LogP contribution is 2.17. The van der Waals surface area contributed by atoms with Crippen molar-refractivity contribution in [2.24, 2.45) is 0 Å². The molecule has 2 amide bonds. The van der Waals surface area contributed by atoms with E-state index in [0.29, 0.717) is 6.04 Å². The molecule has 1 rings (SSSR count). The molecule has 0 aliphatic heterocycles. The Bertz CT molecular complexity index is 204. The number of rotatable bonds is 7. The van der Waals surface area contributed by atoms with Gasteiger partial charge in [-0.15, -0.1) is 0 Å². The van der Waals surface area contributed by atoms with E-state index in [4.69, 9.17) is 5.11 Å². The Labute approximate surface area is 104 Å². The number of carbonyl (C=O) groups is 1. The van der Waals surface area contributed by atoms with E-state index in [1.165, 1.54) is 19.3 Å². The van der Waals surface area contributed by atoms with E-state index < -0.39 is 0 Å². The number of aliphatic hydroxyl groups excluding tert-OH is 1. The average Bonchev–Trinajstić information content (AvgIpc) is 2.35. The van der Waals surface area contributed by atoms with Crippen LogP contribution >= 0.6 is 0 Å². The van der Waals surface area contributed by atoms with Crippen molar-refractivity contribution in [3.63, 3.8) is 0 Å². The van der Waals surface area contributed by atoms with Gasteiger partial charge in [0.05, 0.1) is 0 Å². The van der Waals surface area contributed by atoms with Crippen LogP contribution in [0.3, 0.4) is 0 Å². The molecule has 0 radical (unpaired) electrons. The molecule has 0 bridgehead atoms. The van der Waals surface area contributed by atoms with E-state index in [9.17, 15) is 4.79 Å². The monoisotopic (exact) mass is 242 g/mol. The lowest BCUT2D eigenvalue weighted by atomic mass is 9.96. The van der Waals surface area contributed by atoms with Crippen LogP contribution < -0.4 is 10.6 Å². The van der Waals surface area contributed by atoms with E-state index in [-0.39, 0.29) is 12.6 Å². The average molecular weight is 242 g/mol. The number of unbranched alkanes of at least 4 members (excludes halogenated alkanes) is 3. The zero-order valence-electron chi connectivity index (χ0n) is 10.7. The van der Waals surface area contributed by atoms with Crippen molar-refractivity contribution >= 4 is 6.03 Å². The maximum absolute atomic E-state index is 11.5. The maximum atomic E-state index is 11.5. The summed E-state index contributed by atoms with van der Waals surface area (Å²) < 4.78 is 0. The molecule has 17 heavy (non-hydrogen) atoms. The van der Waals surface area contributed by atoms with E-state index in [0.717, 1.165) is 45.1 Å². The van der Waals surface area contributed by atoms with Gasteiger partial charge in [0.25, 0.3) is 0 Å². The molecule has 0 aromatic rings. The van der Waals surface area contributed by atoms with Crippen molar-refractivity contribution in [1.82, 2.24) is 10.6 Å². The lowest BCUT2D eigenvalue weighted by molar-refractivity contribution is 0.232. The molecule has 1 aliphatic carbocycles. The highest BCUT2D eigenvalue weighted by molar-refractivity contribution is 5.74. The smallest absolute Gasteiger partial charge is 0.315 e. The molecule has 0 heterocycles. The molecular formula is C13H26N2O2. The zero-order chi connectivity index (χ0) is 12.3. The lowest BCUT2D eigenvalue weighted by Crippen LogP contribution is -2.43. The molecule has 0 saturated heterocycles. The Morgan fingerprint density at radius 3 is 2.47 bits per heavy atom. The first-order valence-electron chi connectivity index (χ1n) is 6.98. The minimum Gasteiger partial charge on any atom is -0.396 e. The fraction of sp³-hybridized carbons (Fsp3) is 0.923. The largest absolute Gasteiger partial charge is 0.396 e. The number of hydrogen-bond acceptors (Lipinski definition) is 2. The third-order valence-corrected chi connectivity index (χ3v) is 3.31. The summed E-state index contributed by atoms with van der Waals surface area (Å²) in [5.74, 6) is 0. The minimum atomic E-state index is -0.0148. The fourth-order valence-corrected chi connectivity index (χ4v) is 2.28. The van der Waals surface area contributed by atoms with Crippen LogP contribution in [0.4, 0.5) is 4.79 Å². The number of carbonyl (C=O) groups excluding carboxylic acids is 1. The topological polar surface area (TPSA) is 61.4 Å². The van der Waals surface area contributed by atoms with Gasteiger partial charge in [0.15, 0.2) is 0 Å². The van der Waals surface area contributed by atoms with Gasteiger partial charge >= 0.3 is 6.03 Å². The van der Waals surface area contributed by atoms with Crippen LogP contribution in [0.5, 0.6) is 0 Å². The van der Waals surface area contributed by atoms with Gasteiger partial charge in [-0.2, -0.15) is 0 Å². The van der Waals surface area contributed by atoms with E-state index in [2.05, 4.69) is 10.6 Å². The van der Waals surface area contributed by atoms with Crippen molar-refractivity contribution in [3.8, 4) is 0 Å². The quantitative estimate of drug-likeness (QED) is 0.599. The first-order valence-corrected chi connectivity index (χ1v) is 6.98. The summed E-state index contributed by atoms with van der Waals surface area (Å²) in [6.45, 7) is 1.01. The van der Waals surface area contributed by atoms with Crippen LogP contribution in [0.2, 0.25) is 0 Å². The predicted molar refractivity (Wildman–Crippen MR) is 69.0 cm³/mol. The number of urea groups is 1. The van der Waals surface area contributed by atoms with Crippen molar-refractivity contribution < 1.29 is 9.90 Å². The van der Waals surface area contributed by atoms with Crippen LogP contribution in [-0.4, -0.2) is 30.3 Å². The summed E-state index contributed by atoms with van der Waals surface area (Å²) in [6.07, 6.45) is 10.0. The number of aliphatic hydroxyl groups is 1. The molecule has 4 heteroatoms. The number of amides is 2. The minimum absolute atomic E-state index is 0.0148. The van der Waals surface area contributed by atoms with Crippen molar-refractivity contribution in [2.45, 2.75) is 63.8 Å². The second-order valence-electron chi connectivity index (χ2n) is 4.87. The molecule has 0 spiro atoms. The van der Waals surface area contributed by atoms with Gasteiger partial charge in [-0.1, -0.05) is 32.1 Å². The van der Waals surface area contributed by atoms with Gasteiger partial charge in [-0.3, -0.25) is 0 Å². The fourth-order valence-electron chi connectivity index (χ4n) is 2.28. The third kappa shape index (κ3) is 7.21. The first kappa shape index (κ1) is 14.3. The van der Waals surface area contributed by atoms with E-state index in [1.807, 2.05) is 0 Å². The van der Waals surface area contributed by atoms with Crippen LogP contribution in [0.15, 0.2) is 0 Å². The normalized spacial score (nSPS) is 16.8. The molecule has 3 N–H and O–H groups in total. The second kappa shape index (κ2) is 9.28. The Hall–Kier alpha value is -0.770. The van der Waals surface area contributed by atoms with Crippen molar-refractivity contribution in [1.29, 1.82) is 0 Å². The van der Waals surface area contributed by atoms with Gasteiger partial charge in [0.2, 0.25) is 0 Å². The summed E-state index contributed by atoms with van der Waals surface area (Å²) in [7, 11) is 0. The van der Waals surface area contributed by atoms with Crippen molar-refractivity contribution in [3.05, 3.63) is 0 Å². The molecule has 0 atom stereocenters. The molecule has 4 nitrogen and oxygen atoms in total. The first-order chi connectivity index (χ1) is 8.33. The molecule has 1 fully saturated rings. The van der Waals surface area contributed by atoms with Crippen LogP contribution in [0, 0.1) is 0 Å². The van der Waals surface area contributed by atoms with Gasteiger partial charge in [-0.25, -0.2) is 4.79 Å². The van der Waals surface area contributed by atoms with Gasteiger partial charge in [-0.05, 0) is 25.7 Å². The van der Waals surface area contributed by atoms with Crippen LogP contribution in [0.1, 0.15) is 57.8 Å². The molecule has 1 aliphatic rings.